The first-order chi connectivity index (χ1) is 10.4. The summed E-state index contributed by atoms with van der Waals surface area (Å²) in [4.78, 5) is 33.9. The molecule has 22 heavy (non-hydrogen) atoms. The second kappa shape index (κ2) is 6.05. The molecule has 2 amide bonds. The van der Waals surface area contributed by atoms with Crippen LogP contribution in [0.1, 0.15) is 13.3 Å². The Bertz CT molecular complexity index is 733. The molecule has 0 spiro atoms. The van der Waals surface area contributed by atoms with Crippen molar-refractivity contribution in [2.24, 2.45) is 5.92 Å². The fourth-order valence-corrected chi connectivity index (χ4v) is 2.19. The van der Waals surface area contributed by atoms with Crippen LogP contribution in [0.25, 0.3) is 0 Å². The monoisotopic (exact) mass is 300 g/mol. The van der Waals surface area contributed by atoms with Crippen molar-refractivity contribution in [3.63, 3.8) is 0 Å². The topological polar surface area (TPSA) is 125 Å². The fraction of sp³-hybridized carbons (Fsp3) is 0.214. The molecule has 112 valence electrons. The van der Waals surface area contributed by atoms with Gasteiger partial charge < -0.3 is 10.6 Å². The van der Waals surface area contributed by atoms with Gasteiger partial charge in [0.15, 0.2) is 0 Å². The zero-order chi connectivity index (χ0) is 16.3. The maximum absolute atomic E-state index is 12.3. The summed E-state index contributed by atoms with van der Waals surface area (Å²) >= 11 is 0. The van der Waals surface area contributed by atoms with Crippen LogP contribution in [0.5, 0.6) is 0 Å². The number of allylic oxidation sites excluding steroid dienone is 1. The van der Waals surface area contributed by atoms with Gasteiger partial charge in [-0.3, -0.25) is 19.7 Å². The number of rotatable bonds is 3. The van der Waals surface area contributed by atoms with E-state index >= 15 is 0 Å². The van der Waals surface area contributed by atoms with E-state index in [0.29, 0.717) is 5.70 Å². The summed E-state index contributed by atoms with van der Waals surface area (Å²) in [6, 6.07) is 7.36. The molecule has 1 aliphatic rings. The molecule has 1 aliphatic heterocycles. The number of non-ortho nitro benzene ring substituents is 1. The van der Waals surface area contributed by atoms with Gasteiger partial charge in [0, 0.05) is 29.9 Å². The maximum Gasteiger partial charge on any atom is 0.271 e. The molecule has 8 heteroatoms. The first-order valence-electron chi connectivity index (χ1n) is 6.38. The molecule has 0 radical (unpaired) electrons. The average molecular weight is 300 g/mol. The molecule has 2 N–H and O–H groups in total. The van der Waals surface area contributed by atoms with E-state index in [2.05, 4.69) is 10.6 Å². The van der Waals surface area contributed by atoms with Crippen LogP contribution in [0.4, 0.5) is 11.4 Å². The normalized spacial score (nSPS) is 17.5. The number of nitro groups is 1. The van der Waals surface area contributed by atoms with Crippen molar-refractivity contribution in [2.75, 3.05) is 5.32 Å². The fourth-order valence-electron chi connectivity index (χ4n) is 2.19. The van der Waals surface area contributed by atoms with E-state index in [1.54, 1.807) is 6.92 Å². The number of amides is 2. The molecular formula is C14H12N4O4. The van der Waals surface area contributed by atoms with Gasteiger partial charge in [0.25, 0.3) is 5.69 Å². The van der Waals surface area contributed by atoms with Crippen molar-refractivity contribution in [1.29, 1.82) is 5.26 Å². The van der Waals surface area contributed by atoms with Gasteiger partial charge in [0.1, 0.15) is 0 Å². The van der Waals surface area contributed by atoms with Crippen molar-refractivity contribution in [1.82, 2.24) is 5.32 Å². The number of carbonyl (C=O) groups excluding carboxylic acids is 2. The Kier molecular flexibility index (Phi) is 4.18. The first-order valence-corrected chi connectivity index (χ1v) is 6.38. The smallest absolute Gasteiger partial charge is 0.271 e. The van der Waals surface area contributed by atoms with Gasteiger partial charge in [0.05, 0.1) is 22.5 Å². The van der Waals surface area contributed by atoms with Crippen molar-refractivity contribution >= 4 is 23.2 Å². The third-order valence-corrected chi connectivity index (χ3v) is 3.23. The summed E-state index contributed by atoms with van der Waals surface area (Å²) in [5, 5.41) is 24.8. The minimum atomic E-state index is -0.905. The number of nitro benzene ring substituents is 1. The molecule has 1 heterocycles. The van der Waals surface area contributed by atoms with Crippen molar-refractivity contribution < 1.29 is 14.5 Å². The minimum absolute atomic E-state index is 0.138. The number of nitrogens with one attached hydrogen (secondary N) is 2. The average Bonchev–Trinajstić information content (AvgIpc) is 2.46. The van der Waals surface area contributed by atoms with Crippen LogP contribution in [0.2, 0.25) is 0 Å². The van der Waals surface area contributed by atoms with Gasteiger partial charge in [-0.15, -0.1) is 0 Å². The minimum Gasteiger partial charge on any atom is -0.329 e. The number of nitriles is 1. The van der Waals surface area contributed by atoms with Crippen LogP contribution in [-0.2, 0) is 9.59 Å². The van der Waals surface area contributed by atoms with Crippen LogP contribution in [0.15, 0.2) is 35.5 Å². The van der Waals surface area contributed by atoms with E-state index < -0.39 is 16.7 Å². The molecule has 0 fully saturated rings. The summed E-state index contributed by atoms with van der Waals surface area (Å²) in [5.74, 6) is -1.81. The van der Waals surface area contributed by atoms with Crippen LogP contribution in [0, 0.1) is 27.4 Å². The number of nitrogens with zero attached hydrogens (tertiary/aromatic N) is 2. The lowest BCUT2D eigenvalue weighted by atomic mass is 9.90. The molecule has 0 aromatic heterocycles. The Balaban J connectivity index is 2.23. The van der Waals surface area contributed by atoms with E-state index in [-0.39, 0.29) is 29.3 Å². The van der Waals surface area contributed by atoms with Crippen molar-refractivity contribution in [3.05, 3.63) is 45.6 Å². The summed E-state index contributed by atoms with van der Waals surface area (Å²) in [7, 11) is 0. The number of hydrogen-bond donors (Lipinski definition) is 2. The van der Waals surface area contributed by atoms with Crippen LogP contribution in [0.3, 0.4) is 0 Å². The lowest BCUT2D eigenvalue weighted by Crippen LogP contribution is -2.37. The van der Waals surface area contributed by atoms with Gasteiger partial charge in [-0.05, 0) is 13.0 Å². The standard InChI is InChI=1S/C14H12N4O4/c1-8-12(7-15)11(6-13(19)16-8)14(20)17-9-3-2-4-10(5-9)18(21)22/h2-5,11H,6H2,1H3,(H,16,19)(H,17,20). The number of anilines is 1. The zero-order valence-corrected chi connectivity index (χ0v) is 11.6. The lowest BCUT2D eigenvalue weighted by molar-refractivity contribution is -0.384. The molecule has 1 atom stereocenters. The molecule has 1 aromatic rings. The van der Waals surface area contributed by atoms with Gasteiger partial charge in [-0.2, -0.15) is 5.26 Å². The van der Waals surface area contributed by atoms with Gasteiger partial charge in [-0.25, -0.2) is 0 Å². The van der Waals surface area contributed by atoms with Crippen LogP contribution >= 0.6 is 0 Å². The SMILES string of the molecule is CC1=C(C#N)C(C(=O)Nc2cccc([N+](=O)[O-])c2)CC(=O)N1. The van der Waals surface area contributed by atoms with Crippen LogP contribution in [-0.4, -0.2) is 16.7 Å². The molecule has 0 saturated heterocycles. The summed E-state index contributed by atoms with van der Waals surface area (Å²) in [6.07, 6.45) is -0.138. The van der Waals surface area contributed by atoms with Gasteiger partial charge >= 0.3 is 0 Å². The first kappa shape index (κ1) is 15.2. The highest BCUT2D eigenvalue weighted by Gasteiger charge is 2.31. The Morgan fingerprint density at radius 2 is 2.27 bits per heavy atom. The maximum atomic E-state index is 12.3. The quantitative estimate of drug-likeness (QED) is 0.645. The molecule has 8 nitrogen and oxygen atoms in total. The highest BCUT2D eigenvalue weighted by Crippen LogP contribution is 2.25. The molecule has 1 aromatic carbocycles. The van der Waals surface area contributed by atoms with Gasteiger partial charge in [0.2, 0.25) is 11.8 Å². The zero-order valence-electron chi connectivity index (χ0n) is 11.6. The highest BCUT2D eigenvalue weighted by molar-refractivity contribution is 5.99. The number of carbonyl (C=O) groups is 2. The van der Waals surface area contributed by atoms with Crippen LogP contribution < -0.4 is 10.6 Å². The highest BCUT2D eigenvalue weighted by atomic mass is 16.6. The largest absolute Gasteiger partial charge is 0.329 e. The third kappa shape index (κ3) is 3.09. The van der Waals surface area contributed by atoms with Crippen molar-refractivity contribution in [2.45, 2.75) is 13.3 Å². The summed E-state index contributed by atoms with van der Waals surface area (Å²) in [6.45, 7) is 1.54. The predicted octanol–water partition coefficient (Wildman–Crippen LogP) is 1.47. The number of benzene rings is 1. The second-order valence-electron chi connectivity index (χ2n) is 4.75. The molecule has 2 rings (SSSR count). The van der Waals surface area contributed by atoms with E-state index in [1.165, 1.54) is 24.3 Å². The predicted molar refractivity (Wildman–Crippen MR) is 76.3 cm³/mol. The van der Waals surface area contributed by atoms with E-state index in [9.17, 15) is 19.7 Å². The second-order valence-corrected chi connectivity index (χ2v) is 4.75. The molecule has 0 aliphatic carbocycles. The molecule has 1 unspecified atom stereocenters. The van der Waals surface area contributed by atoms with E-state index in [4.69, 9.17) is 5.26 Å². The van der Waals surface area contributed by atoms with E-state index in [0.717, 1.165) is 0 Å². The Morgan fingerprint density at radius 1 is 1.55 bits per heavy atom. The number of hydrogen-bond acceptors (Lipinski definition) is 5. The third-order valence-electron chi connectivity index (χ3n) is 3.23. The molecular weight excluding hydrogens is 288 g/mol. The van der Waals surface area contributed by atoms with Gasteiger partial charge in [-0.1, -0.05) is 6.07 Å². The molecule has 0 saturated carbocycles. The molecule has 0 bridgehead atoms. The Labute approximate surface area is 125 Å². The lowest BCUT2D eigenvalue weighted by Gasteiger charge is -2.22. The summed E-state index contributed by atoms with van der Waals surface area (Å²) < 4.78 is 0. The summed E-state index contributed by atoms with van der Waals surface area (Å²) in [5.41, 5.74) is 0.604. The van der Waals surface area contributed by atoms with E-state index in [1.807, 2.05) is 6.07 Å². The Morgan fingerprint density at radius 3 is 2.91 bits per heavy atom. The Hall–Kier alpha value is -3.21. The van der Waals surface area contributed by atoms with Crippen molar-refractivity contribution in [3.8, 4) is 6.07 Å².